The van der Waals surface area contributed by atoms with Crippen molar-refractivity contribution < 1.29 is 14.3 Å². The minimum absolute atomic E-state index is 0.0127. The average Bonchev–Trinajstić information content (AvgIpc) is 2.37. The fraction of sp³-hybridized carbons (Fsp3) is 0.364. The molecule has 0 bridgehead atoms. The first kappa shape index (κ1) is 15.7. The van der Waals surface area contributed by atoms with E-state index in [9.17, 15) is 4.79 Å². The van der Waals surface area contributed by atoms with Gasteiger partial charge in [0.05, 0.1) is 17.3 Å². The van der Waals surface area contributed by atoms with Gasteiger partial charge < -0.3 is 14.8 Å². The number of hydrogen-bond donors (Lipinski definition) is 2. The first-order valence-corrected chi connectivity index (χ1v) is 7.62. The standard InChI is InChI=1S/C11H13Br2NO3S/c1-16-7-3-2-4-8(5-7)17-11(15)14-10(18)9(13)6-12/h2-5,9-10,18H,6H2,1H3,(H,14,15). The van der Waals surface area contributed by atoms with E-state index in [4.69, 9.17) is 9.47 Å². The lowest BCUT2D eigenvalue weighted by molar-refractivity contribution is 0.199. The molecule has 2 atom stereocenters. The minimum Gasteiger partial charge on any atom is -0.497 e. The van der Waals surface area contributed by atoms with Gasteiger partial charge in [-0.3, -0.25) is 0 Å². The van der Waals surface area contributed by atoms with Gasteiger partial charge in [0.2, 0.25) is 0 Å². The van der Waals surface area contributed by atoms with Gasteiger partial charge in [-0.05, 0) is 12.1 Å². The zero-order valence-electron chi connectivity index (χ0n) is 9.60. The molecule has 1 N–H and O–H groups in total. The third-order valence-corrected chi connectivity index (χ3v) is 5.32. The summed E-state index contributed by atoms with van der Waals surface area (Å²) in [6.45, 7) is 0. The van der Waals surface area contributed by atoms with E-state index in [1.807, 2.05) is 0 Å². The van der Waals surface area contributed by atoms with Crippen LogP contribution in [-0.4, -0.2) is 28.7 Å². The lowest BCUT2D eigenvalue weighted by Crippen LogP contribution is -2.39. The summed E-state index contributed by atoms with van der Waals surface area (Å²) in [6.07, 6.45) is -0.561. The van der Waals surface area contributed by atoms with Gasteiger partial charge in [0.1, 0.15) is 11.5 Å². The highest BCUT2D eigenvalue weighted by Gasteiger charge is 2.17. The molecule has 0 saturated carbocycles. The molecule has 0 aromatic heterocycles. The number of nitrogens with one attached hydrogen (secondary N) is 1. The number of thiol groups is 1. The van der Waals surface area contributed by atoms with Crippen LogP contribution >= 0.6 is 44.5 Å². The van der Waals surface area contributed by atoms with Crippen LogP contribution in [0, 0.1) is 0 Å². The molecule has 4 nitrogen and oxygen atoms in total. The van der Waals surface area contributed by atoms with Gasteiger partial charge in [0.15, 0.2) is 0 Å². The van der Waals surface area contributed by atoms with Gasteiger partial charge in [0, 0.05) is 11.4 Å². The van der Waals surface area contributed by atoms with Crippen molar-refractivity contribution in [3.8, 4) is 11.5 Å². The lowest BCUT2D eigenvalue weighted by atomic mass is 10.3. The Labute approximate surface area is 128 Å². The van der Waals surface area contributed by atoms with E-state index >= 15 is 0 Å². The summed E-state index contributed by atoms with van der Waals surface area (Å²) in [5, 5.41) is 2.92. The number of halogens is 2. The van der Waals surface area contributed by atoms with Crippen molar-refractivity contribution in [2.75, 3.05) is 12.4 Å². The zero-order valence-corrected chi connectivity index (χ0v) is 13.7. The lowest BCUT2D eigenvalue weighted by Gasteiger charge is -2.16. The normalized spacial score (nSPS) is 13.6. The van der Waals surface area contributed by atoms with Crippen LogP contribution in [0.3, 0.4) is 0 Å². The first-order valence-electron chi connectivity index (χ1n) is 5.07. The third-order valence-electron chi connectivity index (χ3n) is 2.01. The molecule has 1 rings (SSSR count). The van der Waals surface area contributed by atoms with Crippen LogP contribution in [0.25, 0.3) is 0 Å². The highest BCUT2D eigenvalue weighted by molar-refractivity contribution is 9.12. The fourth-order valence-electron chi connectivity index (χ4n) is 1.10. The number of alkyl halides is 2. The predicted molar refractivity (Wildman–Crippen MR) is 81.4 cm³/mol. The molecule has 0 radical (unpaired) electrons. The van der Waals surface area contributed by atoms with E-state index < -0.39 is 6.09 Å². The van der Waals surface area contributed by atoms with Crippen molar-refractivity contribution in [3.63, 3.8) is 0 Å². The molecule has 0 aliphatic heterocycles. The number of methoxy groups -OCH3 is 1. The smallest absolute Gasteiger partial charge is 0.413 e. The summed E-state index contributed by atoms with van der Waals surface area (Å²) >= 11 is 10.9. The monoisotopic (exact) mass is 397 g/mol. The molecule has 0 spiro atoms. The molecule has 1 amide bonds. The summed E-state index contributed by atoms with van der Waals surface area (Å²) < 4.78 is 10.1. The molecular formula is C11H13Br2NO3S. The summed E-state index contributed by atoms with van der Waals surface area (Å²) in [5.41, 5.74) is 0. The highest BCUT2D eigenvalue weighted by atomic mass is 79.9. The molecule has 0 saturated heterocycles. The fourth-order valence-corrected chi connectivity index (χ4v) is 2.10. The molecule has 0 aliphatic carbocycles. The predicted octanol–water partition coefficient (Wildman–Crippen LogP) is 3.20. The van der Waals surface area contributed by atoms with Gasteiger partial charge in [-0.15, -0.1) is 0 Å². The number of ether oxygens (including phenoxy) is 2. The number of benzene rings is 1. The second kappa shape index (κ2) is 7.91. The van der Waals surface area contributed by atoms with Crippen LogP contribution in [0.4, 0.5) is 4.79 Å². The van der Waals surface area contributed by atoms with Crippen LogP contribution in [0.2, 0.25) is 0 Å². The van der Waals surface area contributed by atoms with Crippen LogP contribution < -0.4 is 14.8 Å². The Balaban J connectivity index is 2.53. The molecular weight excluding hydrogens is 386 g/mol. The minimum atomic E-state index is -0.561. The van der Waals surface area contributed by atoms with Gasteiger partial charge in [0.25, 0.3) is 0 Å². The van der Waals surface area contributed by atoms with E-state index in [2.05, 4.69) is 49.8 Å². The molecule has 7 heteroatoms. The molecule has 2 unspecified atom stereocenters. The molecule has 0 fully saturated rings. The maximum Gasteiger partial charge on any atom is 0.413 e. The third kappa shape index (κ3) is 5.07. The van der Waals surface area contributed by atoms with E-state index in [-0.39, 0.29) is 10.2 Å². The maximum absolute atomic E-state index is 11.6. The second-order valence-corrected chi connectivity index (χ2v) is 5.71. The topological polar surface area (TPSA) is 47.6 Å². The Morgan fingerprint density at radius 2 is 2.17 bits per heavy atom. The summed E-state index contributed by atoms with van der Waals surface area (Å²) in [5.74, 6) is 1.04. The number of amides is 1. The van der Waals surface area contributed by atoms with Crippen molar-refractivity contribution in [2.24, 2.45) is 0 Å². The molecule has 100 valence electrons. The van der Waals surface area contributed by atoms with Crippen LogP contribution in [-0.2, 0) is 0 Å². The van der Waals surface area contributed by atoms with Crippen LogP contribution in [0.1, 0.15) is 0 Å². The van der Waals surface area contributed by atoms with Crippen molar-refractivity contribution in [1.82, 2.24) is 5.32 Å². The van der Waals surface area contributed by atoms with Crippen molar-refractivity contribution >= 4 is 50.6 Å². The number of carbonyl (C=O) groups is 1. The Hall–Kier alpha value is -0.400. The van der Waals surface area contributed by atoms with Crippen molar-refractivity contribution in [2.45, 2.75) is 10.2 Å². The molecule has 0 aliphatic rings. The number of rotatable bonds is 5. The Bertz CT molecular complexity index is 406. The zero-order chi connectivity index (χ0) is 13.5. The average molecular weight is 399 g/mol. The second-order valence-electron chi connectivity index (χ2n) is 3.33. The van der Waals surface area contributed by atoms with E-state index in [1.54, 1.807) is 31.4 Å². The SMILES string of the molecule is COc1cccc(OC(=O)NC(S)C(Br)CBr)c1. The van der Waals surface area contributed by atoms with E-state index in [0.717, 1.165) is 0 Å². The summed E-state index contributed by atoms with van der Waals surface area (Å²) in [7, 11) is 1.55. The van der Waals surface area contributed by atoms with Gasteiger partial charge in [-0.25, -0.2) is 4.79 Å². The first-order chi connectivity index (χ1) is 8.56. The van der Waals surface area contributed by atoms with Gasteiger partial charge in [-0.1, -0.05) is 37.9 Å². The van der Waals surface area contributed by atoms with Gasteiger partial charge >= 0.3 is 6.09 Å². The van der Waals surface area contributed by atoms with Gasteiger partial charge in [-0.2, -0.15) is 12.6 Å². The molecule has 1 aromatic carbocycles. The van der Waals surface area contributed by atoms with Crippen LogP contribution in [0.15, 0.2) is 24.3 Å². The van der Waals surface area contributed by atoms with Crippen LogP contribution in [0.5, 0.6) is 11.5 Å². The highest BCUT2D eigenvalue weighted by Crippen LogP contribution is 2.19. The Morgan fingerprint density at radius 1 is 1.50 bits per heavy atom. The number of hydrogen-bond acceptors (Lipinski definition) is 4. The molecule has 0 heterocycles. The Morgan fingerprint density at radius 3 is 2.78 bits per heavy atom. The number of carbonyl (C=O) groups excluding carboxylic acids is 1. The van der Waals surface area contributed by atoms with Crippen molar-refractivity contribution in [3.05, 3.63) is 24.3 Å². The van der Waals surface area contributed by atoms with Crippen molar-refractivity contribution in [1.29, 1.82) is 0 Å². The summed E-state index contributed by atoms with van der Waals surface area (Å²) in [6, 6.07) is 6.81. The Kier molecular flexibility index (Phi) is 6.88. The quantitative estimate of drug-likeness (QED) is 0.454. The molecule has 1 aromatic rings. The maximum atomic E-state index is 11.6. The summed E-state index contributed by atoms with van der Waals surface area (Å²) in [4.78, 5) is 11.6. The van der Waals surface area contributed by atoms with E-state index in [0.29, 0.717) is 16.8 Å². The molecule has 18 heavy (non-hydrogen) atoms. The largest absolute Gasteiger partial charge is 0.497 e. The van der Waals surface area contributed by atoms with E-state index in [1.165, 1.54) is 0 Å².